The van der Waals surface area contributed by atoms with Crippen molar-refractivity contribution in [2.45, 2.75) is 4.90 Å². The van der Waals surface area contributed by atoms with Gasteiger partial charge in [-0.2, -0.15) is 0 Å². The molecule has 0 spiro atoms. The Morgan fingerprint density at radius 1 is 1.46 bits per heavy atom. The third-order valence-electron chi connectivity index (χ3n) is 1.62. The van der Waals surface area contributed by atoms with E-state index in [0.29, 0.717) is 11.0 Å². The number of nitrogens with two attached hydrogens (primary N) is 1. The van der Waals surface area contributed by atoms with Crippen molar-refractivity contribution in [3.05, 3.63) is 18.7 Å². The van der Waals surface area contributed by atoms with Gasteiger partial charge in [-0.05, 0) is 0 Å². The molecule has 0 aromatic carbocycles. The molecule has 13 heavy (non-hydrogen) atoms. The quantitative estimate of drug-likeness (QED) is 0.651. The smallest absolute Gasteiger partial charge is 0.240 e. The van der Waals surface area contributed by atoms with Gasteiger partial charge in [-0.1, -0.05) is 0 Å². The largest absolute Gasteiger partial charge is 0.345 e. The van der Waals surface area contributed by atoms with Crippen molar-refractivity contribution in [3.8, 4) is 0 Å². The van der Waals surface area contributed by atoms with Gasteiger partial charge in [0.05, 0.1) is 5.39 Å². The van der Waals surface area contributed by atoms with Crippen LogP contribution in [0.2, 0.25) is 0 Å². The van der Waals surface area contributed by atoms with Crippen molar-refractivity contribution < 1.29 is 8.42 Å². The van der Waals surface area contributed by atoms with Crippen LogP contribution >= 0.6 is 0 Å². The molecule has 3 N–H and O–H groups in total. The standard InChI is InChI=1S/C6H6N4O2S/c7-13(11,12)5-2-9-6-4(5)1-8-3-10-6/h1-3H,(H2,7,11,12)(H,8,9,10). The van der Waals surface area contributed by atoms with Gasteiger partial charge in [0.25, 0.3) is 0 Å². The van der Waals surface area contributed by atoms with Gasteiger partial charge >= 0.3 is 0 Å². The molecular formula is C6H6N4O2S. The molecule has 0 fully saturated rings. The van der Waals surface area contributed by atoms with Crippen LogP contribution in [0.15, 0.2) is 23.6 Å². The molecular weight excluding hydrogens is 192 g/mol. The number of primary sulfonamides is 1. The molecule has 0 saturated carbocycles. The molecule has 68 valence electrons. The minimum Gasteiger partial charge on any atom is -0.345 e. The van der Waals surface area contributed by atoms with Gasteiger partial charge in [0, 0.05) is 12.4 Å². The van der Waals surface area contributed by atoms with Crippen LogP contribution in [0.3, 0.4) is 0 Å². The number of H-pyrrole nitrogens is 1. The van der Waals surface area contributed by atoms with Crippen LogP contribution in [0.1, 0.15) is 0 Å². The van der Waals surface area contributed by atoms with Crippen LogP contribution < -0.4 is 5.14 Å². The number of hydrogen-bond acceptors (Lipinski definition) is 4. The van der Waals surface area contributed by atoms with Gasteiger partial charge in [0.1, 0.15) is 16.9 Å². The van der Waals surface area contributed by atoms with Gasteiger partial charge in [-0.15, -0.1) is 0 Å². The number of nitrogens with one attached hydrogen (secondary N) is 1. The van der Waals surface area contributed by atoms with Crippen molar-refractivity contribution in [2.75, 3.05) is 0 Å². The van der Waals surface area contributed by atoms with E-state index in [0.717, 1.165) is 0 Å². The highest BCUT2D eigenvalue weighted by atomic mass is 32.2. The fraction of sp³-hybridized carbons (Fsp3) is 0. The predicted molar refractivity (Wildman–Crippen MR) is 45.3 cm³/mol. The SMILES string of the molecule is NS(=O)(=O)c1c[nH]c2ncncc12. The monoisotopic (exact) mass is 198 g/mol. The molecule has 0 radical (unpaired) electrons. The summed E-state index contributed by atoms with van der Waals surface area (Å²) in [5, 5.41) is 5.37. The zero-order chi connectivity index (χ0) is 9.47. The Kier molecular flexibility index (Phi) is 1.57. The molecule has 0 atom stereocenters. The van der Waals surface area contributed by atoms with Crippen LogP contribution in [0.25, 0.3) is 11.0 Å². The van der Waals surface area contributed by atoms with E-state index in [1.54, 1.807) is 0 Å². The summed E-state index contributed by atoms with van der Waals surface area (Å²) in [6.45, 7) is 0. The van der Waals surface area contributed by atoms with E-state index in [1.165, 1.54) is 18.7 Å². The Morgan fingerprint density at radius 2 is 2.23 bits per heavy atom. The lowest BCUT2D eigenvalue weighted by molar-refractivity contribution is 0.598. The normalized spacial score (nSPS) is 12.1. The lowest BCUT2D eigenvalue weighted by Gasteiger charge is -1.92. The van der Waals surface area contributed by atoms with Gasteiger partial charge in [0.2, 0.25) is 10.0 Å². The number of fused-ring (bicyclic) bond motifs is 1. The minimum absolute atomic E-state index is 0.0168. The van der Waals surface area contributed by atoms with Gasteiger partial charge < -0.3 is 4.98 Å². The van der Waals surface area contributed by atoms with E-state index in [9.17, 15) is 8.42 Å². The molecule has 2 rings (SSSR count). The molecule has 0 aliphatic rings. The highest BCUT2D eigenvalue weighted by Crippen LogP contribution is 2.17. The van der Waals surface area contributed by atoms with Crippen LogP contribution in [0.4, 0.5) is 0 Å². The van der Waals surface area contributed by atoms with E-state index in [1.807, 2.05) is 0 Å². The molecule has 0 aliphatic heterocycles. The number of aromatic amines is 1. The summed E-state index contributed by atoms with van der Waals surface area (Å²) in [6, 6.07) is 0. The Hall–Kier alpha value is -1.47. The molecule has 0 aliphatic carbocycles. The summed E-state index contributed by atoms with van der Waals surface area (Å²) >= 11 is 0. The first-order chi connectivity index (χ1) is 6.09. The van der Waals surface area contributed by atoms with Crippen molar-refractivity contribution in [3.63, 3.8) is 0 Å². The molecule has 6 nitrogen and oxygen atoms in total. The second-order valence-corrected chi connectivity index (χ2v) is 4.01. The number of rotatable bonds is 1. The third kappa shape index (κ3) is 1.27. The number of aromatic nitrogens is 3. The molecule has 2 heterocycles. The molecule has 2 aromatic rings. The first kappa shape index (κ1) is 8.14. The Bertz CT molecular complexity index is 545. The second-order valence-electron chi connectivity index (χ2n) is 2.48. The number of nitrogens with zero attached hydrogens (tertiary/aromatic N) is 2. The number of sulfonamides is 1. The molecule has 0 bridgehead atoms. The van der Waals surface area contributed by atoms with Crippen molar-refractivity contribution in [1.82, 2.24) is 15.0 Å². The maximum atomic E-state index is 11.0. The summed E-state index contributed by atoms with van der Waals surface area (Å²) in [7, 11) is -3.70. The molecule has 0 unspecified atom stereocenters. The lowest BCUT2D eigenvalue weighted by Crippen LogP contribution is -2.11. The summed E-state index contributed by atoms with van der Waals surface area (Å²) in [5.41, 5.74) is 0.457. The summed E-state index contributed by atoms with van der Waals surface area (Å²) in [5.74, 6) is 0. The Morgan fingerprint density at radius 3 is 2.92 bits per heavy atom. The molecule has 7 heteroatoms. The average Bonchev–Trinajstić information content (AvgIpc) is 2.45. The van der Waals surface area contributed by atoms with E-state index in [2.05, 4.69) is 15.0 Å². The van der Waals surface area contributed by atoms with Gasteiger partial charge in [0.15, 0.2) is 0 Å². The van der Waals surface area contributed by atoms with Crippen molar-refractivity contribution in [2.24, 2.45) is 5.14 Å². The Labute approximate surface area is 73.9 Å². The third-order valence-corrected chi connectivity index (χ3v) is 2.58. The van der Waals surface area contributed by atoms with Crippen LogP contribution in [-0.2, 0) is 10.0 Å². The first-order valence-electron chi connectivity index (χ1n) is 3.39. The summed E-state index contributed by atoms with van der Waals surface area (Å²) in [6.07, 6.45) is 4.03. The van der Waals surface area contributed by atoms with Crippen LogP contribution in [0.5, 0.6) is 0 Å². The Balaban J connectivity index is 2.87. The maximum Gasteiger partial charge on any atom is 0.240 e. The maximum absolute atomic E-state index is 11.0. The van der Waals surface area contributed by atoms with Crippen LogP contribution in [0, 0.1) is 0 Å². The molecule has 0 amide bonds. The average molecular weight is 198 g/mol. The number of hydrogen-bond donors (Lipinski definition) is 2. The highest BCUT2D eigenvalue weighted by molar-refractivity contribution is 7.89. The zero-order valence-corrected chi connectivity index (χ0v) is 7.25. The fourth-order valence-corrected chi connectivity index (χ4v) is 1.75. The molecule has 2 aromatic heterocycles. The predicted octanol–water partition coefficient (Wildman–Crippen LogP) is -0.395. The van der Waals surface area contributed by atoms with E-state index < -0.39 is 10.0 Å². The zero-order valence-electron chi connectivity index (χ0n) is 6.43. The molecule has 0 saturated heterocycles. The second kappa shape index (κ2) is 2.51. The van der Waals surface area contributed by atoms with Crippen molar-refractivity contribution >= 4 is 21.1 Å². The van der Waals surface area contributed by atoms with Gasteiger partial charge in [-0.25, -0.2) is 23.5 Å². The minimum atomic E-state index is -3.70. The fourth-order valence-electron chi connectivity index (χ4n) is 1.07. The summed E-state index contributed by atoms with van der Waals surface area (Å²) < 4.78 is 22.0. The summed E-state index contributed by atoms with van der Waals surface area (Å²) in [4.78, 5) is 10.2. The van der Waals surface area contributed by atoms with Crippen LogP contribution in [-0.4, -0.2) is 23.4 Å². The first-order valence-corrected chi connectivity index (χ1v) is 4.93. The van der Waals surface area contributed by atoms with E-state index in [-0.39, 0.29) is 4.90 Å². The lowest BCUT2D eigenvalue weighted by atomic mass is 10.4. The van der Waals surface area contributed by atoms with Crippen molar-refractivity contribution in [1.29, 1.82) is 0 Å². The van der Waals surface area contributed by atoms with Gasteiger partial charge in [-0.3, -0.25) is 0 Å². The van der Waals surface area contributed by atoms with E-state index >= 15 is 0 Å². The highest BCUT2D eigenvalue weighted by Gasteiger charge is 2.14. The topological polar surface area (TPSA) is 102 Å². The van der Waals surface area contributed by atoms with E-state index in [4.69, 9.17) is 5.14 Å².